The monoisotopic (exact) mass is 410 g/mol. The van der Waals surface area contributed by atoms with Gasteiger partial charge < -0.3 is 15.0 Å². The fraction of sp³-hybridized carbons (Fsp3) is 0.292. The minimum Gasteiger partial charge on any atom is -0.478 e. The number of carbonyl (C=O) groups is 1. The molecule has 0 amide bonds. The van der Waals surface area contributed by atoms with Gasteiger partial charge in [-0.05, 0) is 50.4 Å². The number of carboxylic acid groups (broad SMARTS) is 1. The number of aromatic nitrogens is 1. The van der Waals surface area contributed by atoms with Gasteiger partial charge in [0.2, 0.25) is 0 Å². The van der Waals surface area contributed by atoms with Gasteiger partial charge in [-0.1, -0.05) is 60.1 Å². The molecule has 152 valence electrons. The van der Waals surface area contributed by atoms with Crippen LogP contribution in [0.3, 0.4) is 0 Å². The van der Waals surface area contributed by atoms with E-state index in [1.54, 1.807) is 0 Å². The van der Waals surface area contributed by atoms with Crippen molar-refractivity contribution in [3.05, 3.63) is 93.3 Å². The number of rotatable bonds is 9. The molecule has 4 nitrogen and oxygen atoms in total. The molecule has 0 atom stereocenters. The Balaban J connectivity index is 1.70. The van der Waals surface area contributed by atoms with Crippen molar-refractivity contribution >= 4 is 17.6 Å². The van der Waals surface area contributed by atoms with Crippen molar-refractivity contribution in [1.29, 1.82) is 0 Å². The Morgan fingerprint density at radius 1 is 1.03 bits per heavy atom. The number of aromatic carboxylic acids is 1. The zero-order chi connectivity index (χ0) is 20.8. The van der Waals surface area contributed by atoms with E-state index in [0.29, 0.717) is 23.7 Å². The number of nitrogens with one attached hydrogen (secondary N) is 1. The molecule has 0 saturated heterocycles. The molecule has 0 aliphatic rings. The van der Waals surface area contributed by atoms with Crippen LogP contribution in [0.1, 0.15) is 44.9 Å². The van der Waals surface area contributed by atoms with E-state index in [-0.39, 0.29) is 0 Å². The minimum absolute atomic E-state index is 0.394. The van der Waals surface area contributed by atoms with E-state index in [9.17, 15) is 9.90 Å². The van der Waals surface area contributed by atoms with Gasteiger partial charge in [-0.15, -0.1) is 0 Å². The van der Waals surface area contributed by atoms with Crippen LogP contribution >= 0.6 is 11.6 Å². The Labute approximate surface area is 177 Å². The van der Waals surface area contributed by atoms with Crippen LogP contribution < -0.4 is 5.32 Å². The maximum Gasteiger partial charge on any atom is 0.337 e. The second kappa shape index (κ2) is 9.77. The summed E-state index contributed by atoms with van der Waals surface area (Å²) in [6, 6.07) is 18.1. The Morgan fingerprint density at radius 3 is 2.41 bits per heavy atom. The average Bonchev–Trinajstić information content (AvgIpc) is 2.94. The van der Waals surface area contributed by atoms with Gasteiger partial charge in [0, 0.05) is 35.1 Å². The number of halogens is 1. The van der Waals surface area contributed by atoms with E-state index in [0.717, 1.165) is 41.9 Å². The van der Waals surface area contributed by atoms with Crippen molar-refractivity contribution in [1.82, 2.24) is 9.88 Å². The zero-order valence-electron chi connectivity index (χ0n) is 16.9. The largest absolute Gasteiger partial charge is 0.478 e. The third-order valence-electron chi connectivity index (χ3n) is 5.37. The Bertz CT molecular complexity index is 980. The number of hydrogen-bond donors (Lipinski definition) is 2. The highest BCUT2D eigenvalue weighted by atomic mass is 35.5. The summed E-state index contributed by atoms with van der Waals surface area (Å²) in [5.74, 6) is -0.885. The lowest BCUT2D eigenvalue weighted by atomic mass is 10.1. The first-order valence-electron chi connectivity index (χ1n) is 9.89. The molecule has 0 aliphatic heterocycles. The smallest absolute Gasteiger partial charge is 0.337 e. The molecule has 5 heteroatoms. The fourth-order valence-electron chi connectivity index (χ4n) is 3.76. The lowest BCUT2D eigenvalue weighted by Crippen LogP contribution is -2.17. The van der Waals surface area contributed by atoms with E-state index in [1.807, 2.05) is 48.7 Å². The van der Waals surface area contributed by atoms with Crippen LogP contribution in [0, 0.1) is 13.8 Å². The van der Waals surface area contributed by atoms with Crippen LogP contribution in [0.5, 0.6) is 0 Å². The molecule has 1 aromatic heterocycles. The quantitative estimate of drug-likeness (QED) is 0.475. The lowest BCUT2D eigenvalue weighted by Gasteiger charge is -2.11. The first kappa shape index (κ1) is 21.2. The van der Waals surface area contributed by atoms with E-state index >= 15 is 0 Å². The molecular weight excluding hydrogens is 384 g/mol. The summed E-state index contributed by atoms with van der Waals surface area (Å²) in [6.07, 6.45) is 2.01. The van der Waals surface area contributed by atoms with Crippen LogP contribution in [-0.4, -0.2) is 22.2 Å². The summed E-state index contributed by atoms with van der Waals surface area (Å²) in [7, 11) is 0. The topological polar surface area (TPSA) is 54.3 Å². The van der Waals surface area contributed by atoms with Gasteiger partial charge in [-0.25, -0.2) is 4.79 Å². The summed E-state index contributed by atoms with van der Waals surface area (Å²) < 4.78 is 2.05. The van der Waals surface area contributed by atoms with Crippen LogP contribution in [0.4, 0.5) is 0 Å². The molecule has 0 radical (unpaired) electrons. The van der Waals surface area contributed by atoms with Gasteiger partial charge >= 0.3 is 5.97 Å². The summed E-state index contributed by atoms with van der Waals surface area (Å²) in [5, 5.41) is 13.9. The lowest BCUT2D eigenvalue weighted by molar-refractivity contribution is 0.0694. The molecule has 1 heterocycles. The molecule has 0 aliphatic carbocycles. The summed E-state index contributed by atoms with van der Waals surface area (Å²) in [4.78, 5) is 11.9. The predicted molar refractivity (Wildman–Crippen MR) is 118 cm³/mol. The molecule has 3 rings (SSSR count). The van der Waals surface area contributed by atoms with Crippen molar-refractivity contribution in [3.8, 4) is 0 Å². The van der Waals surface area contributed by atoms with E-state index in [4.69, 9.17) is 11.6 Å². The number of benzene rings is 2. The molecule has 0 spiro atoms. The first-order chi connectivity index (χ1) is 14.0. The summed E-state index contributed by atoms with van der Waals surface area (Å²) in [5.41, 5.74) is 5.27. The second-order valence-electron chi connectivity index (χ2n) is 7.27. The third-order valence-corrected chi connectivity index (χ3v) is 5.74. The highest BCUT2D eigenvalue weighted by Crippen LogP contribution is 2.25. The maximum absolute atomic E-state index is 11.9. The molecule has 3 aromatic rings. The van der Waals surface area contributed by atoms with Crippen molar-refractivity contribution in [2.75, 3.05) is 6.54 Å². The minimum atomic E-state index is -0.885. The van der Waals surface area contributed by atoms with Gasteiger partial charge in [0.1, 0.15) is 0 Å². The van der Waals surface area contributed by atoms with Gasteiger partial charge in [0.25, 0.3) is 0 Å². The van der Waals surface area contributed by atoms with Crippen LogP contribution in [-0.2, 0) is 19.5 Å². The van der Waals surface area contributed by atoms with Crippen LogP contribution in [0.25, 0.3) is 0 Å². The van der Waals surface area contributed by atoms with Crippen LogP contribution in [0.15, 0.2) is 54.6 Å². The second-order valence-corrected chi connectivity index (χ2v) is 7.68. The van der Waals surface area contributed by atoms with E-state index in [2.05, 4.69) is 29.6 Å². The SMILES string of the molecule is Cc1c(CNCCCc2ccccc2)c(C(=O)O)c(C)n1Cc1ccccc1Cl. The number of hydrogen-bond acceptors (Lipinski definition) is 2. The number of aryl methyl sites for hydroxylation is 1. The van der Waals surface area contributed by atoms with E-state index < -0.39 is 5.97 Å². The first-order valence-corrected chi connectivity index (χ1v) is 10.3. The molecule has 29 heavy (non-hydrogen) atoms. The predicted octanol–water partition coefficient (Wildman–Crippen LogP) is 5.23. The average molecular weight is 411 g/mol. The van der Waals surface area contributed by atoms with Gasteiger partial charge in [0.15, 0.2) is 0 Å². The van der Waals surface area contributed by atoms with Crippen LogP contribution in [0.2, 0.25) is 5.02 Å². The summed E-state index contributed by atoms with van der Waals surface area (Å²) in [6.45, 7) is 5.79. The molecule has 0 saturated carbocycles. The van der Waals surface area contributed by atoms with Gasteiger partial charge in [0.05, 0.1) is 5.56 Å². The normalized spacial score (nSPS) is 11.0. The van der Waals surface area contributed by atoms with E-state index in [1.165, 1.54) is 5.56 Å². The summed E-state index contributed by atoms with van der Waals surface area (Å²) >= 11 is 6.31. The fourth-order valence-corrected chi connectivity index (χ4v) is 3.95. The standard InChI is InChI=1S/C24H27ClN2O2/c1-17-21(15-26-14-8-11-19-9-4-3-5-10-19)23(24(28)29)18(2)27(17)16-20-12-6-7-13-22(20)25/h3-7,9-10,12-13,26H,8,11,14-16H2,1-2H3,(H,28,29). The maximum atomic E-state index is 11.9. The number of nitrogens with zero attached hydrogens (tertiary/aromatic N) is 1. The Hall–Kier alpha value is -2.56. The molecule has 0 fully saturated rings. The van der Waals surface area contributed by atoms with Crippen molar-refractivity contribution < 1.29 is 9.90 Å². The third kappa shape index (κ3) is 5.08. The Kier molecular flexibility index (Phi) is 7.13. The van der Waals surface area contributed by atoms with Gasteiger partial charge in [-0.3, -0.25) is 0 Å². The van der Waals surface area contributed by atoms with Crippen molar-refractivity contribution in [2.24, 2.45) is 0 Å². The molecule has 2 N–H and O–H groups in total. The number of carboxylic acids is 1. The molecule has 0 unspecified atom stereocenters. The molecule has 2 aromatic carbocycles. The van der Waals surface area contributed by atoms with Crippen molar-refractivity contribution in [3.63, 3.8) is 0 Å². The highest BCUT2D eigenvalue weighted by Gasteiger charge is 2.22. The highest BCUT2D eigenvalue weighted by molar-refractivity contribution is 6.31. The van der Waals surface area contributed by atoms with Gasteiger partial charge in [-0.2, -0.15) is 0 Å². The Morgan fingerprint density at radius 2 is 1.72 bits per heavy atom. The molecule has 0 bridgehead atoms. The molecular formula is C24H27ClN2O2. The zero-order valence-corrected chi connectivity index (χ0v) is 17.7. The van der Waals surface area contributed by atoms with Crippen molar-refractivity contribution in [2.45, 2.75) is 39.8 Å².